The van der Waals surface area contributed by atoms with Crippen LogP contribution in [0.4, 0.5) is 0 Å². The van der Waals surface area contributed by atoms with Crippen LogP contribution in [0.25, 0.3) is 10.8 Å². The molecule has 1 fully saturated rings. The highest BCUT2D eigenvalue weighted by atomic mass is 32.2. The lowest BCUT2D eigenvalue weighted by atomic mass is 9.96. The zero-order valence-corrected chi connectivity index (χ0v) is 14.8. The van der Waals surface area contributed by atoms with Gasteiger partial charge in [-0.2, -0.15) is 0 Å². The van der Waals surface area contributed by atoms with Gasteiger partial charge < -0.3 is 4.90 Å². The Balaban J connectivity index is 1.74. The van der Waals surface area contributed by atoms with Gasteiger partial charge >= 0.3 is 0 Å². The number of piperidine rings is 1. The highest BCUT2D eigenvalue weighted by molar-refractivity contribution is 7.92. The molecule has 1 atom stereocenters. The minimum Gasteiger partial charge on any atom is -0.338 e. The molecule has 0 radical (unpaired) electrons. The van der Waals surface area contributed by atoms with E-state index >= 15 is 0 Å². The number of sulfonamides is 1. The lowest BCUT2D eigenvalue weighted by molar-refractivity contribution is 0.0678. The Labute approximate surface area is 148 Å². The van der Waals surface area contributed by atoms with Crippen LogP contribution in [0.3, 0.4) is 0 Å². The number of amides is 1. The van der Waals surface area contributed by atoms with Crippen molar-refractivity contribution in [2.45, 2.75) is 12.8 Å². The monoisotopic (exact) mass is 358 g/mol. The average molecular weight is 358 g/mol. The van der Waals surface area contributed by atoms with Crippen molar-refractivity contribution in [1.29, 1.82) is 0 Å². The first-order valence-corrected chi connectivity index (χ1v) is 9.94. The zero-order valence-electron chi connectivity index (χ0n) is 14.0. The molecule has 5 nitrogen and oxygen atoms in total. The minimum absolute atomic E-state index is 0.00748. The molecule has 2 aromatic carbocycles. The fraction of sp³-hybridized carbons (Fsp3) is 0.316. The van der Waals surface area contributed by atoms with E-state index in [-0.39, 0.29) is 11.8 Å². The molecule has 1 amide bonds. The summed E-state index contributed by atoms with van der Waals surface area (Å²) in [5.41, 5.74) is 0.699. The van der Waals surface area contributed by atoms with Gasteiger partial charge in [0, 0.05) is 30.6 Å². The van der Waals surface area contributed by atoms with Crippen LogP contribution >= 0.6 is 0 Å². The number of carbonyl (C=O) groups excluding carboxylic acids is 1. The molecule has 0 bridgehead atoms. The quantitative estimate of drug-likeness (QED) is 0.894. The molecule has 1 aliphatic rings. The maximum absolute atomic E-state index is 13.0. The van der Waals surface area contributed by atoms with Crippen LogP contribution in [0.2, 0.25) is 0 Å². The second-order valence-electron chi connectivity index (χ2n) is 6.35. The summed E-state index contributed by atoms with van der Waals surface area (Å²) in [7, 11) is -3.43. The molecular formula is C19H22N2O3S. The van der Waals surface area contributed by atoms with E-state index in [1.54, 1.807) is 0 Å². The van der Waals surface area contributed by atoms with Crippen molar-refractivity contribution in [3.05, 3.63) is 60.0 Å². The number of nitrogens with zero attached hydrogens (tertiary/aromatic N) is 1. The van der Waals surface area contributed by atoms with Crippen molar-refractivity contribution in [1.82, 2.24) is 9.62 Å². The van der Waals surface area contributed by atoms with E-state index < -0.39 is 10.0 Å². The van der Waals surface area contributed by atoms with Crippen molar-refractivity contribution in [2.24, 2.45) is 5.92 Å². The van der Waals surface area contributed by atoms with Gasteiger partial charge in [0.15, 0.2) is 0 Å². The lowest BCUT2D eigenvalue weighted by Crippen LogP contribution is -2.43. The largest absolute Gasteiger partial charge is 0.338 e. The van der Waals surface area contributed by atoms with E-state index in [0.717, 1.165) is 29.0 Å². The number of rotatable bonds is 5. The number of hydrogen-bond acceptors (Lipinski definition) is 3. The Kier molecular flexibility index (Phi) is 5.20. The molecule has 25 heavy (non-hydrogen) atoms. The zero-order chi connectivity index (χ0) is 17.9. The van der Waals surface area contributed by atoms with Crippen LogP contribution in [-0.2, 0) is 10.0 Å². The van der Waals surface area contributed by atoms with Gasteiger partial charge in [-0.05, 0) is 35.6 Å². The van der Waals surface area contributed by atoms with Gasteiger partial charge in [0.2, 0.25) is 10.0 Å². The normalized spacial score (nSPS) is 18.2. The highest BCUT2D eigenvalue weighted by Crippen LogP contribution is 2.23. The molecular weight excluding hydrogens is 336 g/mol. The predicted octanol–water partition coefficient (Wildman–Crippen LogP) is 2.75. The number of benzene rings is 2. The molecule has 0 aliphatic carbocycles. The molecule has 6 heteroatoms. The first kappa shape index (κ1) is 17.6. The summed E-state index contributed by atoms with van der Waals surface area (Å²) in [6, 6.07) is 13.6. The Morgan fingerprint density at radius 3 is 2.80 bits per heavy atom. The third-order valence-corrected chi connectivity index (χ3v) is 5.63. The van der Waals surface area contributed by atoms with Crippen LogP contribution in [0.1, 0.15) is 23.2 Å². The summed E-state index contributed by atoms with van der Waals surface area (Å²) in [6.07, 6.45) is 1.77. The maximum Gasteiger partial charge on any atom is 0.254 e. The SMILES string of the molecule is C=CS(=O)(=O)NCC1CCCN(C(=O)c2cccc3ccccc23)C1. The van der Waals surface area contributed by atoms with Crippen molar-refractivity contribution >= 4 is 26.7 Å². The van der Waals surface area contributed by atoms with Crippen molar-refractivity contribution < 1.29 is 13.2 Å². The Bertz CT molecular complexity index is 887. The molecule has 1 heterocycles. The summed E-state index contributed by atoms with van der Waals surface area (Å²) < 4.78 is 25.6. The molecule has 2 aromatic rings. The summed E-state index contributed by atoms with van der Waals surface area (Å²) in [5, 5.41) is 2.90. The van der Waals surface area contributed by atoms with Crippen molar-refractivity contribution in [3.8, 4) is 0 Å². The van der Waals surface area contributed by atoms with E-state index in [4.69, 9.17) is 0 Å². The molecule has 0 aromatic heterocycles. The first-order valence-electron chi connectivity index (χ1n) is 8.39. The van der Waals surface area contributed by atoms with Gasteiger partial charge in [-0.15, -0.1) is 0 Å². The van der Waals surface area contributed by atoms with Crippen LogP contribution in [0, 0.1) is 5.92 Å². The predicted molar refractivity (Wildman–Crippen MR) is 99.7 cm³/mol. The third kappa shape index (κ3) is 4.08. The molecule has 1 N–H and O–H groups in total. The van der Waals surface area contributed by atoms with Gasteiger partial charge in [0.25, 0.3) is 5.91 Å². The van der Waals surface area contributed by atoms with Gasteiger partial charge in [-0.1, -0.05) is 43.0 Å². The number of hydrogen-bond donors (Lipinski definition) is 1. The van der Waals surface area contributed by atoms with E-state index in [1.807, 2.05) is 47.4 Å². The molecule has 0 saturated carbocycles. The van der Waals surface area contributed by atoms with Crippen LogP contribution in [0.5, 0.6) is 0 Å². The fourth-order valence-electron chi connectivity index (χ4n) is 3.29. The van der Waals surface area contributed by atoms with E-state index in [1.165, 1.54) is 0 Å². The molecule has 1 saturated heterocycles. The van der Waals surface area contributed by atoms with Crippen LogP contribution in [-0.4, -0.2) is 38.9 Å². The molecule has 0 spiro atoms. The summed E-state index contributed by atoms with van der Waals surface area (Å²) >= 11 is 0. The smallest absolute Gasteiger partial charge is 0.254 e. The van der Waals surface area contributed by atoms with Gasteiger partial charge in [0.1, 0.15) is 0 Å². The Morgan fingerprint density at radius 1 is 1.24 bits per heavy atom. The van der Waals surface area contributed by atoms with Gasteiger partial charge in [0.05, 0.1) is 0 Å². The van der Waals surface area contributed by atoms with E-state index in [2.05, 4.69) is 11.3 Å². The molecule has 3 rings (SSSR count). The summed E-state index contributed by atoms with van der Waals surface area (Å²) in [5.74, 6) is 0.121. The molecule has 1 aliphatic heterocycles. The Morgan fingerprint density at radius 2 is 2.00 bits per heavy atom. The summed E-state index contributed by atoms with van der Waals surface area (Å²) in [4.78, 5) is 14.8. The van der Waals surface area contributed by atoms with Crippen molar-refractivity contribution in [3.63, 3.8) is 0 Å². The number of nitrogens with one attached hydrogen (secondary N) is 1. The van der Waals surface area contributed by atoms with Crippen LogP contribution < -0.4 is 4.72 Å². The minimum atomic E-state index is -3.43. The van der Waals surface area contributed by atoms with Crippen molar-refractivity contribution in [2.75, 3.05) is 19.6 Å². The number of carbonyl (C=O) groups is 1. The van der Waals surface area contributed by atoms with Gasteiger partial charge in [-0.3, -0.25) is 4.79 Å². The fourth-order valence-corrected chi connectivity index (χ4v) is 3.88. The average Bonchev–Trinajstić information content (AvgIpc) is 2.66. The number of likely N-dealkylation sites (tertiary alicyclic amines) is 1. The third-order valence-electron chi connectivity index (χ3n) is 4.62. The van der Waals surface area contributed by atoms with Gasteiger partial charge in [-0.25, -0.2) is 13.1 Å². The highest BCUT2D eigenvalue weighted by Gasteiger charge is 2.26. The standard InChI is InChI=1S/C19H22N2O3S/c1-2-25(23,24)20-13-15-7-6-12-21(14-15)19(22)18-11-5-9-16-8-3-4-10-17(16)18/h2-5,8-11,15,20H,1,6-7,12-14H2. The van der Waals surface area contributed by atoms with Crippen LogP contribution in [0.15, 0.2) is 54.5 Å². The second-order valence-corrected chi connectivity index (χ2v) is 8.06. The number of fused-ring (bicyclic) bond motifs is 1. The van der Waals surface area contributed by atoms with E-state index in [9.17, 15) is 13.2 Å². The topological polar surface area (TPSA) is 66.5 Å². The second kappa shape index (κ2) is 7.37. The lowest BCUT2D eigenvalue weighted by Gasteiger charge is -2.33. The first-order chi connectivity index (χ1) is 12.0. The maximum atomic E-state index is 13.0. The molecule has 132 valence electrons. The molecule has 1 unspecified atom stereocenters. The van der Waals surface area contributed by atoms with E-state index in [0.29, 0.717) is 25.2 Å². The Hall–Kier alpha value is -2.18. The summed E-state index contributed by atoms with van der Waals surface area (Å²) in [6.45, 7) is 4.88.